The Morgan fingerprint density at radius 3 is 2.07 bits per heavy atom. The first-order valence-corrected chi connectivity index (χ1v) is 15.9. The van der Waals surface area contributed by atoms with Crippen LogP contribution in [0.25, 0.3) is 6.08 Å². The molecule has 0 spiro atoms. The van der Waals surface area contributed by atoms with Gasteiger partial charge in [0.1, 0.15) is 11.6 Å². The molecule has 1 aliphatic rings. The molecule has 0 saturated carbocycles. The maximum Gasteiger partial charge on any atom is 0.291 e. The number of imide groups is 1. The second-order valence-electron chi connectivity index (χ2n) is 12.9. The van der Waals surface area contributed by atoms with Gasteiger partial charge in [0.05, 0.1) is 16.3 Å². The quantitative estimate of drug-likeness (QED) is 0.207. The minimum absolute atomic E-state index is 0.178. The summed E-state index contributed by atoms with van der Waals surface area (Å²) >= 11 is 1.52. The molecule has 2 aromatic rings. The van der Waals surface area contributed by atoms with Crippen molar-refractivity contribution in [2.75, 3.05) is 23.0 Å². The smallest absolute Gasteiger partial charge is 0.291 e. The van der Waals surface area contributed by atoms with Crippen molar-refractivity contribution >= 4 is 46.0 Å². The fourth-order valence-electron chi connectivity index (χ4n) is 4.68. The standard InChI is InChI=1S/C34H45N5O3S/c1-10-12-19-37(20-13-11-2)32-36-28(33(4,5)6)27(43-32)21-25-23(3)26(22-35)30(41)39(29(25)40)38(31(42)34(7,8)9)24-17-15-14-16-18-24/h14-18,21H,10-13,19-20H2,1-9H3/b25-21-. The lowest BCUT2D eigenvalue weighted by Gasteiger charge is -2.39. The summed E-state index contributed by atoms with van der Waals surface area (Å²) in [5.74, 6) is -1.93. The topological polar surface area (TPSA) is 97.6 Å². The summed E-state index contributed by atoms with van der Waals surface area (Å²) in [5.41, 5.74) is 0.244. The van der Waals surface area contributed by atoms with Gasteiger partial charge >= 0.3 is 0 Å². The van der Waals surface area contributed by atoms with Crippen molar-refractivity contribution in [1.29, 1.82) is 5.26 Å². The summed E-state index contributed by atoms with van der Waals surface area (Å²) in [6.45, 7) is 19.2. The summed E-state index contributed by atoms with van der Waals surface area (Å²) < 4.78 is 0. The van der Waals surface area contributed by atoms with E-state index in [0.717, 1.165) is 64.5 Å². The van der Waals surface area contributed by atoms with Gasteiger partial charge in [0, 0.05) is 29.5 Å². The third-order valence-corrected chi connectivity index (χ3v) is 8.28. The maximum absolute atomic E-state index is 14.3. The van der Waals surface area contributed by atoms with Crippen molar-refractivity contribution < 1.29 is 14.4 Å². The lowest BCUT2D eigenvalue weighted by molar-refractivity contribution is -0.147. The fraction of sp³-hybridized carbons (Fsp3) is 0.500. The molecule has 230 valence electrons. The number of unbranched alkanes of at least 4 members (excludes halogenated alkanes) is 2. The number of amides is 3. The van der Waals surface area contributed by atoms with Crippen LogP contribution in [0.5, 0.6) is 0 Å². The number of hydrogen-bond acceptors (Lipinski definition) is 7. The molecule has 43 heavy (non-hydrogen) atoms. The average molecular weight is 604 g/mol. The van der Waals surface area contributed by atoms with E-state index >= 15 is 0 Å². The zero-order chi connectivity index (χ0) is 32.1. The number of hydrogen-bond donors (Lipinski definition) is 0. The molecule has 0 aliphatic carbocycles. The highest BCUT2D eigenvalue weighted by molar-refractivity contribution is 7.16. The van der Waals surface area contributed by atoms with Gasteiger partial charge in [-0.1, -0.05) is 97.8 Å². The average Bonchev–Trinajstić information content (AvgIpc) is 3.38. The first-order valence-electron chi connectivity index (χ1n) is 15.0. The second kappa shape index (κ2) is 13.7. The van der Waals surface area contributed by atoms with Crippen LogP contribution in [-0.2, 0) is 19.8 Å². The number of rotatable bonds is 10. The molecule has 0 saturated heterocycles. The predicted octanol–water partition coefficient (Wildman–Crippen LogP) is 7.43. The van der Waals surface area contributed by atoms with Crippen molar-refractivity contribution in [2.45, 2.75) is 93.4 Å². The molecule has 0 unspecified atom stereocenters. The fourth-order valence-corrected chi connectivity index (χ4v) is 5.95. The Kier molecular flexibility index (Phi) is 10.7. The molecule has 1 aromatic carbocycles. The minimum Gasteiger partial charge on any atom is -0.348 e. The molecule has 0 fully saturated rings. The van der Waals surface area contributed by atoms with E-state index in [0.29, 0.717) is 5.69 Å². The molecule has 3 rings (SSSR count). The minimum atomic E-state index is -0.921. The molecule has 1 aliphatic heterocycles. The van der Waals surface area contributed by atoms with E-state index in [1.165, 1.54) is 11.3 Å². The maximum atomic E-state index is 14.3. The van der Waals surface area contributed by atoms with Crippen LogP contribution in [0, 0.1) is 16.7 Å². The summed E-state index contributed by atoms with van der Waals surface area (Å²) in [5, 5.41) is 12.9. The third-order valence-electron chi connectivity index (χ3n) is 7.22. The molecular formula is C34H45N5O3S. The largest absolute Gasteiger partial charge is 0.348 e. The molecule has 9 heteroatoms. The Morgan fingerprint density at radius 1 is 1.00 bits per heavy atom. The number of anilines is 2. The van der Waals surface area contributed by atoms with Gasteiger partial charge in [-0.05, 0) is 43.5 Å². The van der Waals surface area contributed by atoms with Crippen molar-refractivity contribution in [3.63, 3.8) is 0 Å². The summed E-state index contributed by atoms with van der Waals surface area (Å²) in [7, 11) is 0. The molecule has 0 atom stereocenters. The van der Waals surface area contributed by atoms with Crippen molar-refractivity contribution in [3.8, 4) is 6.07 Å². The zero-order valence-electron chi connectivity index (χ0n) is 27.1. The van der Waals surface area contributed by atoms with E-state index in [9.17, 15) is 19.6 Å². The number of carbonyl (C=O) groups excluding carboxylic acids is 3. The van der Waals surface area contributed by atoms with Crippen LogP contribution in [0.1, 0.15) is 98.6 Å². The van der Waals surface area contributed by atoms with Crippen LogP contribution in [0.3, 0.4) is 0 Å². The van der Waals surface area contributed by atoms with Crippen LogP contribution in [0.2, 0.25) is 0 Å². The van der Waals surface area contributed by atoms with E-state index in [2.05, 4.69) is 39.5 Å². The van der Waals surface area contributed by atoms with Crippen molar-refractivity contribution in [2.24, 2.45) is 5.41 Å². The number of benzene rings is 1. The van der Waals surface area contributed by atoms with E-state index < -0.39 is 23.1 Å². The van der Waals surface area contributed by atoms with E-state index in [4.69, 9.17) is 4.98 Å². The van der Waals surface area contributed by atoms with Gasteiger partial charge in [-0.15, -0.1) is 0 Å². The van der Waals surface area contributed by atoms with Crippen LogP contribution in [-0.4, -0.2) is 40.8 Å². The van der Waals surface area contributed by atoms with Crippen LogP contribution >= 0.6 is 11.3 Å². The molecule has 1 aromatic heterocycles. The van der Waals surface area contributed by atoms with Crippen molar-refractivity contribution in [1.82, 2.24) is 9.99 Å². The van der Waals surface area contributed by atoms with Gasteiger partial charge in [-0.25, -0.2) is 9.99 Å². The molecule has 3 amide bonds. The number of nitrogens with zero attached hydrogens (tertiary/aromatic N) is 5. The molecular weight excluding hydrogens is 558 g/mol. The normalized spacial score (nSPS) is 15.3. The highest BCUT2D eigenvalue weighted by Gasteiger charge is 2.44. The number of thiazole rings is 1. The van der Waals surface area contributed by atoms with Crippen molar-refractivity contribution in [3.05, 3.63) is 57.6 Å². The van der Waals surface area contributed by atoms with Gasteiger partial charge in [0.15, 0.2) is 5.13 Å². The number of para-hydroxylation sites is 1. The number of nitriles is 1. The van der Waals surface area contributed by atoms with Gasteiger partial charge in [0.25, 0.3) is 17.7 Å². The third kappa shape index (κ3) is 7.42. The van der Waals surface area contributed by atoms with Gasteiger partial charge in [-0.3, -0.25) is 14.4 Å². The molecule has 8 nitrogen and oxygen atoms in total. The Morgan fingerprint density at radius 2 is 1.58 bits per heavy atom. The van der Waals surface area contributed by atoms with Crippen LogP contribution < -0.4 is 9.91 Å². The number of hydrazine groups is 1. The molecule has 2 heterocycles. The van der Waals surface area contributed by atoms with Gasteiger partial charge in [0.2, 0.25) is 0 Å². The number of carbonyl (C=O) groups is 3. The molecule has 0 N–H and O–H groups in total. The van der Waals surface area contributed by atoms with E-state index in [-0.39, 0.29) is 22.1 Å². The lowest BCUT2D eigenvalue weighted by Crippen LogP contribution is -2.58. The lowest BCUT2D eigenvalue weighted by atomic mass is 9.89. The zero-order valence-corrected chi connectivity index (χ0v) is 27.9. The molecule has 0 bridgehead atoms. The Bertz CT molecular complexity index is 1440. The first-order chi connectivity index (χ1) is 20.2. The van der Waals surface area contributed by atoms with E-state index in [1.807, 2.05) is 6.07 Å². The van der Waals surface area contributed by atoms with Crippen LogP contribution in [0.4, 0.5) is 10.8 Å². The van der Waals surface area contributed by atoms with Gasteiger partial charge < -0.3 is 4.90 Å². The molecule has 0 radical (unpaired) electrons. The highest BCUT2D eigenvalue weighted by atomic mass is 32.1. The summed E-state index contributed by atoms with van der Waals surface area (Å²) in [4.78, 5) is 50.0. The summed E-state index contributed by atoms with van der Waals surface area (Å²) in [6, 6.07) is 10.6. The summed E-state index contributed by atoms with van der Waals surface area (Å²) in [6.07, 6.45) is 5.98. The first kappa shape index (κ1) is 33.7. The Labute approximate surface area is 260 Å². The van der Waals surface area contributed by atoms with Crippen LogP contribution in [0.15, 0.2) is 47.1 Å². The monoisotopic (exact) mass is 603 g/mol. The Hall–Kier alpha value is -3.77. The number of aromatic nitrogens is 1. The van der Waals surface area contributed by atoms with E-state index in [1.54, 1.807) is 64.1 Å². The predicted molar refractivity (Wildman–Crippen MR) is 174 cm³/mol. The highest BCUT2D eigenvalue weighted by Crippen LogP contribution is 2.38. The SMILES string of the molecule is CCCCN(CCCC)c1nc(C(C)(C)C)c(/C=C2\C(=O)N(N(C(=O)C(C)(C)C)c3ccccc3)C(=O)C(C#N)=C2C)s1. The second-order valence-corrected chi connectivity index (χ2v) is 14.0. The Balaban J connectivity index is 2.25. The van der Waals surface area contributed by atoms with Gasteiger partial charge in [-0.2, -0.15) is 10.3 Å².